The number of hydrogen-bond donors (Lipinski definition) is 2. The molecule has 1 aromatic carbocycles. The van der Waals surface area contributed by atoms with E-state index in [0.717, 1.165) is 19.6 Å². The van der Waals surface area contributed by atoms with Crippen molar-refractivity contribution < 1.29 is 9.84 Å². The first kappa shape index (κ1) is 10.8. The van der Waals surface area contributed by atoms with E-state index in [9.17, 15) is 5.11 Å². The number of aromatic amines is 1. The zero-order valence-electron chi connectivity index (χ0n) is 9.99. The first-order chi connectivity index (χ1) is 8.27. The van der Waals surface area contributed by atoms with Crippen molar-refractivity contribution in [3.63, 3.8) is 0 Å². The normalized spacial score (nSPS) is 18.2. The van der Waals surface area contributed by atoms with Crippen LogP contribution in [0.2, 0.25) is 0 Å². The Balaban J connectivity index is 2.18. The summed E-state index contributed by atoms with van der Waals surface area (Å²) in [4.78, 5) is 3.42. The molecule has 1 aromatic heterocycles. The van der Waals surface area contributed by atoms with E-state index in [1.807, 2.05) is 6.07 Å². The van der Waals surface area contributed by atoms with Crippen molar-refractivity contribution in [2.75, 3.05) is 19.8 Å². The van der Waals surface area contributed by atoms with Crippen molar-refractivity contribution in [1.82, 2.24) is 4.98 Å². The summed E-state index contributed by atoms with van der Waals surface area (Å²) in [6.45, 7) is 3.75. The minimum Gasteiger partial charge on any atom is -0.396 e. The van der Waals surface area contributed by atoms with Crippen molar-refractivity contribution in [3.05, 3.63) is 35.5 Å². The zero-order chi connectivity index (χ0) is 11.9. The molecule has 2 heterocycles. The molecule has 0 amide bonds. The molecule has 0 saturated carbocycles. The Morgan fingerprint density at radius 2 is 2.12 bits per heavy atom. The Morgan fingerprint density at radius 3 is 2.76 bits per heavy atom. The van der Waals surface area contributed by atoms with Gasteiger partial charge in [-0.05, 0) is 25.0 Å². The lowest BCUT2D eigenvalue weighted by Crippen LogP contribution is -2.47. The fraction of sp³-hybridized carbons (Fsp3) is 0.429. The number of rotatable bonds is 3. The second-order valence-electron chi connectivity index (χ2n) is 4.92. The van der Waals surface area contributed by atoms with Crippen LogP contribution in [0.15, 0.2) is 24.3 Å². The quantitative estimate of drug-likeness (QED) is 0.850. The number of hydrogen-bond acceptors (Lipinski definition) is 2. The smallest absolute Gasteiger partial charge is 0.0587 e. The maximum atomic E-state index is 9.26. The summed E-state index contributed by atoms with van der Waals surface area (Å²) in [5.41, 5.74) is 3.71. The number of aryl methyl sites for hydroxylation is 1. The molecule has 90 valence electrons. The maximum absolute atomic E-state index is 9.26. The molecule has 2 N–H and O–H groups in total. The van der Waals surface area contributed by atoms with Crippen LogP contribution in [0.25, 0.3) is 10.9 Å². The fourth-order valence-corrected chi connectivity index (χ4v) is 2.94. The molecular formula is C14H17NO2. The number of fused-ring (bicyclic) bond motifs is 1. The third kappa shape index (κ3) is 1.50. The van der Waals surface area contributed by atoms with E-state index in [1.165, 1.54) is 22.2 Å². The lowest BCUT2D eigenvalue weighted by Gasteiger charge is -2.42. The lowest BCUT2D eigenvalue weighted by atomic mass is 9.75. The van der Waals surface area contributed by atoms with Crippen molar-refractivity contribution in [3.8, 4) is 0 Å². The second kappa shape index (κ2) is 3.86. The lowest BCUT2D eigenvalue weighted by molar-refractivity contribution is -0.0696. The molecule has 0 radical (unpaired) electrons. The molecule has 1 aliphatic rings. The number of nitrogens with one attached hydrogen (secondary N) is 1. The van der Waals surface area contributed by atoms with Gasteiger partial charge in [-0.25, -0.2) is 0 Å². The Hall–Kier alpha value is -1.32. The van der Waals surface area contributed by atoms with Crippen LogP contribution in [0.1, 0.15) is 17.7 Å². The highest BCUT2D eigenvalue weighted by atomic mass is 16.5. The summed E-state index contributed by atoms with van der Waals surface area (Å²) in [7, 11) is 0. The number of ether oxygens (including phenoxy) is 1. The molecule has 3 nitrogen and oxygen atoms in total. The SMILES string of the molecule is Cc1[nH]c2ccccc2c1C1(CCO)COC1. The standard InChI is InChI=1S/C14H17NO2/c1-10-13(14(6-7-16)8-17-9-14)11-4-2-3-5-12(11)15-10/h2-5,15-16H,6-9H2,1H3. The molecular weight excluding hydrogens is 214 g/mol. The van der Waals surface area contributed by atoms with Gasteiger partial charge >= 0.3 is 0 Å². The van der Waals surface area contributed by atoms with Crippen LogP contribution >= 0.6 is 0 Å². The summed E-state index contributed by atoms with van der Waals surface area (Å²) >= 11 is 0. The highest BCUT2D eigenvalue weighted by Crippen LogP contribution is 2.41. The molecule has 0 aliphatic carbocycles. The number of aliphatic hydroxyl groups is 1. The van der Waals surface area contributed by atoms with Crippen LogP contribution in [-0.2, 0) is 10.2 Å². The Bertz CT molecular complexity index is 540. The van der Waals surface area contributed by atoms with Gasteiger partial charge in [-0.3, -0.25) is 0 Å². The second-order valence-corrected chi connectivity index (χ2v) is 4.92. The first-order valence-electron chi connectivity index (χ1n) is 6.03. The predicted octanol–water partition coefficient (Wildman–Crippen LogP) is 2.13. The van der Waals surface area contributed by atoms with E-state index in [4.69, 9.17) is 4.74 Å². The highest BCUT2D eigenvalue weighted by molar-refractivity contribution is 5.86. The summed E-state index contributed by atoms with van der Waals surface area (Å²) in [6, 6.07) is 8.34. The van der Waals surface area contributed by atoms with Crippen LogP contribution in [0.5, 0.6) is 0 Å². The molecule has 1 aliphatic heterocycles. The Labute approximate surface area is 100 Å². The van der Waals surface area contributed by atoms with E-state index in [2.05, 4.69) is 30.1 Å². The monoisotopic (exact) mass is 231 g/mol. The number of aliphatic hydroxyl groups excluding tert-OH is 1. The van der Waals surface area contributed by atoms with Gasteiger partial charge in [-0.15, -0.1) is 0 Å². The van der Waals surface area contributed by atoms with Crippen LogP contribution in [0.3, 0.4) is 0 Å². The van der Waals surface area contributed by atoms with E-state index in [0.29, 0.717) is 0 Å². The van der Waals surface area contributed by atoms with Crippen LogP contribution in [0, 0.1) is 6.92 Å². The van der Waals surface area contributed by atoms with Gasteiger partial charge < -0.3 is 14.8 Å². The van der Waals surface area contributed by atoms with Gasteiger partial charge in [-0.1, -0.05) is 18.2 Å². The average molecular weight is 231 g/mol. The van der Waals surface area contributed by atoms with Crippen LogP contribution in [0.4, 0.5) is 0 Å². The topological polar surface area (TPSA) is 45.2 Å². The van der Waals surface area contributed by atoms with Gasteiger partial charge in [0.2, 0.25) is 0 Å². The Kier molecular flexibility index (Phi) is 2.45. The summed E-state index contributed by atoms with van der Waals surface area (Å²) in [5.74, 6) is 0. The average Bonchev–Trinajstić information content (AvgIpc) is 2.60. The van der Waals surface area contributed by atoms with E-state index < -0.39 is 0 Å². The molecule has 3 heteroatoms. The van der Waals surface area contributed by atoms with Crippen molar-refractivity contribution in [2.24, 2.45) is 0 Å². The summed E-state index contributed by atoms with van der Waals surface area (Å²) in [6.07, 6.45) is 0.773. The fourth-order valence-electron chi connectivity index (χ4n) is 2.94. The largest absolute Gasteiger partial charge is 0.396 e. The predicted molar refractivity (Wildman–Crippen MR) is 67.2 cm³/mol. The van der Waals surface area contributed by atoms with E-state index in [1.54, 1.807) is 0 Å². The number of aromatic nitrogens is 1. The van der Waals surface area contributed by atoms with Gasteiger partial charge in [0.15, 0.2) is 0 Å². The molecule has 1 saturated heterocycles. The van der Waals surface area contributed by atoms with Crippen LogP contribution < -0.4 is 0 Å². The number of para-hydroxylation sites is 1. The molecule has 0 spiro atoms. The van der Waals surface area contributed by atoms with Gasteiger partial charge in [0.05, 0.1) is 13.2 Å². The molecule has 0 bridgehead atoms. The highest BCUT2D eigenvalue weighted by Gasteiger charge is 2.42. The number of benzene rings is 1. The minimum atomic E-state index is 0.0123. The molecule has 1 fully saturated rings. The van der Waals surface area contributed by atoms with Gasteiger partial charge in [0.1, 0.15) is 0 Å². The van der Waals surface area contributed by atoms with Crippen molar-refractivity contribution >= 4 is 10.9 Å². The third-order valence-electron chi connectivity index (χ3n) is 3.77. The first-order valence-corrected chi connectivity index (χ1v) is 6.03. The maximum Gasteiger partial charge on any atom is 0.0587 e. The molecule has 17 heavy (non-hydrogen) atoms. The molecule has 0 unspecified atom stereocenters. The Morgan fingerprint density at radius 1 is 1.35 bits per heavy atom. The van der Waals surface area contributed by atoms with Gasteiger partial charge in [0, 0.05) is 28.6 Å². The van der Waals surface area contributed by atoms with Gasteiger partial charge in [0.25, 0.3) is 0 Å². The van der Waals surface area contributed by atoms with Crippen molar-refractivity contribution in [2.45, 2.75) is 18.8 Å². The molecule has 3 rings (SSSR count). The molecule has 2 aromatic rings. The van der Waals surface area contributed by atoms with Crippen molar-refractivity contribution in [1.29, 1.82) is 0 Å². The molecule has 0 atom stereocenters. The minimum absolute atomic E-state index is 0.0123. The van der Waals surface area contributed by atoms with Gasteiger partial charge in [-0.2, -0.15) is 0 Å². The summed E-state index contributed by atoms with van der Waals surface area (Å²) in [5, 5.41) is 10.5. The van der Waals surface area contributed by atoms with E-state index in [-0.39, 0.29) is 12.0 Å². The third-order valence-corrected chi connectivity index (χ3v) is 3.77. The number of H-pyrrole nitrogens is 1. The van der Waals surface area contributed by atoms with Crippen LogP contribution in [-0.4, -0.2) is 29.9 Å². The summed E-state index contributed by atoms with van der Waals surface area (Å²) < 4.78 is 5.39. The zero-order valence-corrected chi connectivity index (χ0v) is 9.99. The van der Waals surface area contributed by atoms with E-state index >= 15 is 0 Å².